The first-order valence-electron chi connectivity index (χ1n) is 9.75. The second-order valence-corrected chi connectivity index (χ2v) is 6.88. The van der Waals surface area contributed by atoms with E-state index in [0.29, 0.717) is 35.6 Å². The number of nitriles is 1. The van der Waals surface area contributed by atoms with Gasteiger partial charge in [0.15, 0.2) is 5.65 Å². The van der Waals surface area contributed by atoms with E-state index in [4.69, 9.17) is 5.11 Å². The summed E-state index contributed by atoms with van der Waals surface area (Å²) in [4.78, 5) is 13.2. The number of benzene rings is 2. The Kier molecular flexibility index (Phi) is 5.98. The van der Waals surface area contributed by atoms with Crippen LogP contribution in [0.25, 0.3) is 16.8 Å². The summed E-state index contributed by atoms with van der Waals surface area (Å²) in [6.45, 7) is 0.943. The van der Waals surface area contributed by atoms with E-state index < -0.39 is 0 Å². The van der Waals surface area contributed by atoms with Crippen molar-refractivity contribution in [3.05, 3.63) is 83.8 Å². The van der Waals surface area contributed by atoms with Crippen LogP contribution in [0, 0.1) is 11.3 Å². The third-order valence-electron chi connectivity index (χ3n) is 4.82. The number of pyridine rings is 1. The number of carbonyl (C=O) groups is 1. The highest BCUT2D eigenvalue weighted by Crippen LogP contribution is 2.29. The number of fused-ring (bicyclic) bond motifs is 1. The highest BCUT2D eigenvalue weighted by atomic mass is 16.3. The molecule has 4 aromatic rings. The van der Waals surface area contributed by atoms with Gasteiger partial charge in [0.2, 0.25) is 0 Å². The Morgan fingerprint density at radius 1 is 1.16 bits per heavy atom. The quantitative estimate of drug-likeness (QED) is 0.402. The van der Waals surface area contributed by atoms with Gasteiger partial charge in [-0.05, 0) is 23.3 Å². The van der Waals surface area contributed by atoms with Gasteiger partial charge in [0, 0.05) is 24.8 Å². The lowest BCUT2D eigenvalue weighted by atomic mass is 9.99. The molecule has 0 atom stereocenters. The van der Waals surface area contributed by atoms with Crippen LogP contribution < -0.4 is 10.6 Å². The first kappa shape index (κ1) is 20.2. The fourth-order valence-corrected chi connectivity index (χ4v) is 3.40. The van der Waals surface area contributed by atoms with Crippen LogP contribution in [-0.4, -0.2) is 38.8 Å². The number of aliphatic hydroxyl groups excluding tert-OH is 1. The smallest absolute Gasteiger partial charge is 0.259 e. The van der Waals surface area contributed by atoms with Crippen LogP contribution >= 0.6 is 0 Å². The summed E-state index contributed by atoms with van der Waals surface area (Å²) in [6.07, 6.45) is 3.35. The molecule has 2 heterocycles. The van der Waals surface area contributed by atoms with E-state index in [1.54, 1.807) is 22.6 Å². The van der Waals surface area contributed by atoms with Gasteiger partial charge in [0.1, 0.15) is 12.4 Å². The molecule has 0 aliphatic rings. The monoisotopic (exact) mass is 412 g/mol. The van der Waals surface area contributed by atoms with Crippen molar-refractivity contribution in [3.8, 4) is 17.2 Å². The van der Waals surface area contributed by atoms with Gasteiger partial charge < -0.3 is 15.7 Å². The van der Waals surface area contributed by atoms with Crippen LogP contribution in [-0.2, 0) is 6.54 Å². The first-order valence-corrected chi connectivity index (χ1v) is 9.75. The first-order chi connectivity index (χ1) is 15.2. The number of rotatable bonds is 7. The number of aromatic nitrogens is 3. The number of aliphatic hydroxyl groups is 1. The fourth-order valence-electron chi connectivity index (χ4n) is 3.40. The number of hydrogen-bond donors (Lipinski definition) is 3. The number of amides is 1. The summed E-state index contributed by atoms with van der Waals surface area (Å²) >= 11 is 0. The molecule has 8 nitrogen and oxygen atoms in total. The van der Waals surface area contributed by atoms with Crippen LogP contribution in [0.1, 0.15) is 21.5 Å². The molecule has 0 aliphatic carbocycles. The Hall–Kier alpha value is -4.06. The molecule has 2 aromatic carbocycles. The van der Waals surface area contributed by atoms with E-state index in [0.717, 1.165) is 16.7 Å². The Morgan fingerprint density at radius 2 is 2.00 bits per heavy atom. The standard InChI is InChI=1S/C23H20N6O2/c24-12-20-18(17-5-2-1-3-6-17)7-4-8-21(20)27-23(31)19-11-16(13-25-9-10-30)14-29-15-26-28-22(19)29/h1-8,11,14-15,25,30H,9-10,13H2,(H,27,31). The number of carbonyl (C=O) groups excluding carboxylic acids is 1. The average Bonchev–Trinajstić information content (AvgIpc) is 3.28. The zero-order chi connectivity index (χ0) is 21.6. The van der Waals surface area contributed by atoms with Gasteiger partial charge in [-0.3, -0.25) is 9.20 Å². The third kappa shape index (κ3) is 4.28. The summed E-state index contributed by atoms with van der Waals surface area (Å²) in [5, 5.41) is 32.7. The molecule has 154 valence electrons. The molecule has 8 heteroatoms. The van der Waals surface area contributed by atoms with E-state index in [1.807, 2.05) is 42.6 Å². The molecular weight excluding hydrogens is 392 g/mol. The Labute approximate surface area is 178 Å². The van der Waals surface area contributed by atoms with E-state index in [1.165, 1.54) is 6.33 Å². The third-order valence-corrected chi connectivity index (χ3v) is 4.82. The zero-order valence-corrected chi connectivity index (χ0v) is 16.6. The number of nitrogens with one attached hydrogen (secondary N) is 2. The molecule has 4 rings (SSSR count). The Morgan fingerprint density at radius 3 is 2.77 bits per heavy atom. The predicted octanol–water partition coefficient (Wildman–Crippen LogP) is 2.60. The molecule has 2 aromatic heterocycles. The molecule has 0 fully saturated rings. The van der Waals surface area contributed by atoms with Crippen molar-refractivity contribution in [2.75, 3.05) is 18.5 Å². The van der Waals surface area contributed by atoms with E-state index in [-0.39, 0.29) is 12.5 Å². The summed E-state index contributed by atoms with van der Waals surface area (Å²) in [5.41, 5.74) is 4.05. The second-order valence-electron chi connectivity index (χ2n) is 6.88. The van der Waals surface area contributed by atoms with Crippen LogP contribution in [0.2, 0.25) is 0 Å². The van der Waals surface area contributed by atoms with Crippen molar-refractivity contribution in [1.29, 1.82) is 5.26 Å². The zero-order valence-electron chi connectivity index (χ0n) is 16.6. The lowest BCUT2D eigenvalue weighted by Crippen LogP contribution is -2.19. The van der Waals surface area contributed by atoms with E-state index in [2.05, 4.69) is 26.9 Å². The lowest BCUT2D eigenvalue weighted by molar-refractivity contribution is 0.102. The Balaban J connectivity index is 1.68. The molecule has 0 aliphatic heterocycles. The van der Waals surface area contributed by atoms with Gasteiger partial charge in [0.05, 0.1) is 23.4 Å². The topological polar surface area (TPSA) is 115 Å². The number of nitrogens with zero attached hydrogens (tertiary/aromatic N) is 4. The average molecular weight is 412 g/mol. The maximum atomic E-state index is 13.2. The minimum absolute atomic E-state index is 0.0247. The molecule has 0 saturated carbocycles. The maximum absolute atomic E-state index is 13.2. The van der Waals surface area contributed by atoms with Gasteiger partial charge in [-0.15, -0.1) is 10.2 Å². The summed E-state index contributed by atoms with van der Waals surface area (Å²) in [5.74, 6) is -0.385. The van der Waals surface area contributed by atoms with E-state index >= 15 is 0 Å². The largest absolute Gasteiger partial charge is 0.395 e. The summed E-state index contributed by atoms with van der Waals surface area (Å²) in [6, 6.07) is 18.9. The number of anilines is 1. The van der Waals surface area contributed by atoms with Crippen LogP contribution in [0.15, 0.2) is 67.1 Å². The van der Waals surface area contributed by atoms with Crippen molar-refractivity contribution in [3.63, 3.8) is 0 Å². The second kappa shape index (κ2) is 9.17. The SMILES string of the molecule is N#Cc1c(NC(=O)c2cc(CNCCO)cn3cnnc23)cccc1-c1ccccc1. The molecule has 0 unspecified atom stereocenters. The molecule has 0 radical (unpaired) electrons. The molecular formula is C23H20N6O2. The van der Waals surface area contributed by atoms with Crippen LogP contribution in [0.4, 0.5) is 5.69 Å². The highest BCUT2D eigenvalue weighted by molar-refractivity contribution is 6.09. The van der Waals surface area contributed by atoms with Gasteiger partial charge in [-0.2, -0.15) is 5.26 Å². The molecule has 31 heavy (non-hydrogen) atoms. The maximum Gasteiger partial charge on any atom is 0.259 e. The molecule has 0 bridgehead atoms. The van der Waals surface area contributed by atoms with Gasteiger partial charge in [-0.25, -0.2) is 0 Å². The molecule has 0 saturated heterocycles. The fraction of sp³-hybridized carbons (Fsp3) is 0.130. The van der Waals surface area contributed by atoms with Crippen LogP contribution in [0.5, 0.6) is 0 Å². The predicted molar refractivity (Wildman–Crippen MR) is 116 cm³/mol. The molecule has 1 amide bonds. The van der Waals surface area contributed by atoms with Gasteiger partial charge in [0.25, 0.3) is 5.91 Å². The Bertz CT molecular complexity index is 1260. The normalized spacial score (nSPS) is 10.7. The summed E-state index contributed by atoms with van der Waals surface area (Å²) < 4.78 is 1.68. The van der Waals surface area contributed by atoms with Crippen molar-refractivity contribution >= 4 is 17.2 Å². The van der Waals surface area contributed by atoms with Crippen molar-refractivity contribution < 1.29 is 9.90 Å². The minimum atomic E-state index is -0.385. The van der Waals surface area contributed by atoms with Crippen molar-refractivity contribution in [2.24, 2.45) is 0 Å². The lowest BCUT2D eigenvalue weighted by Gasteiger charge is -2.12. The van der Waals surface area contributed by atoms with E-state index in [9.17, 15) is 10.1 Å². The summed E-state index contributed by atoms with van der Waals surface area (Å²) in [7, 11) is 0. The van der Waals surface area contributed by atoms with Crippen molar-refractivity contribution in [2.45, 2.75) is 6.54 Å². The van der Waals surface area contributed by atoms with Crippen molar-refractivity contribution in [1.82, 2.24) is 19.9 Å². The highest BCUT2D eigenvalue weighted by Gasteiger charge is 2.17. The van der Waals surface area contributed by atoms with Crippen LogP contribution in [0.3, 0.4) is 0 Å². The van der Waals surface area contributed by atoms with Gasteiger partial charge in [-0.1, -0.05) is 42.5 Å². The molecule has 3 N–H and O–H groups in total. The van der Waals surface area contributed by atoms with Gasteiger partial charge >= 0.3 is 0 Å². The minimum Gasteiger partial charge on any atom is -0.395 e. The molecule has 0 spiro atoms. The number of hydrogen-bond acceptors (Lipinski definition) is 6.